The Morgan fingerprint density at radius 2 is 1.81 bits per heavy atom. The van der Waals surface area contributed by atoms with Crippen LogP contribution in [0.3, 0.4) is 0 Å². The van der Waals surface area contributed by atoms with Crippen LogP contribution in [0.4, 0.5) is 0 Å². The van der Waals surface area contributed by atoms with Crippen molar-refractivity contribution in [1.82, 2.24) is 20.1 Å². The van der Waals surface area contributed by atoms with E-state index >= 15 is 0 Å². The summed E-state index contributed by atoms with van der Waals surface area (Å²) < 4.78 is 0. The normalized spacial score (nSPS) is 19.4. The number of allylic oxidation sites excluding steroid dienone is 4. The molecule has 4 heteroatoms. The fourth-order valence-electron chi connectivity index (χ4n) is 6.33. The van der Waals surface area contributed by atoms with Gasteiger partial charge in [0.1, 0.15) is 0 Å². The van der Waals surface area contributed by atoms with Crippen molar-refractivity contribution in [3.05, 3.63) is 88.4 Å². The Hall–Kier alpha value is -2.69. The molecule has 2 aromatic rings. The summed E-state index contributed by atoms with van der Waals surface area (Å²) in [6.07, 6.45) is 13.7. The van der Waals surface area contributed by atoms with Crippen LogP contribution in [0.1, 0.15) is 67.5 Å². The number of nitrogens with one attached hydrogen (secondary N) is 1. The molecule has 3 heterocycles. The number of hydrogen-bond donors (Lipinski definition) is 1. The third-order valence-electron chi connectivity index (χ3n) is 8.62. The molecule has 37 heavy (non-hydrogen) atoms. The van der Waals surface area contributed by atoms with E-state index in [0.717, 1.165) is 63.5 Å². The molecule has 1 aromatic carbocycles. The second kappa shape index (κ2) is 11.4. The van der Waals surface area contributed by atoms with Crippen LogP contribution in [-0.4, -0.2) is 41.0 Å². The molecule has 1 aromatic heterocycles. The van der Waals surface area contributed by atoms with Gasteiger partial charge in [0.2, 0.25) is 0 Å². The van der Waals surface area contributed by atoms with Gasteiger partial charge in [-0.25, -0.2) is 0 Å². The molecule has 0 radical (unpaired) electrons. The molecule has 3 aliphatic rings. The first-order chi connectivity index (χ1) is 18.0. The average Bonchev–Trinajstić information content (AvgIpc) is 2.92. The zero-order chi connectivity index (χ0) is 25.9. The minimum Gasteiger partial charge on any atom is -0.344 e. The Kier molecular flexibility index (Phi) is 7.97. The van der Waals surface area contributed by atoms with Gasteiger partial charge in [0.25, 0.3) is 0 Å². The summed E-state index contributed by atoms with van der Waals surface area (Å²) >= 11 is 0. The summed E-state index contributed by atoms with van der Waals surface area (Å²) in [6, 6.07) is 4.89. The fourth-order valence-corrected chi connectivity index (χ4v) is 6.33. The summed E-state index contributed by atoms with van der Waals surface area (Å²) in [6.45, 7) is 21.4. The maximum atomic E-state index is 5.20. The standard InChI is InChI=1S/C33H44N4/c1-6-10-29-25(5)37(16-13-28(29)23(3)7-2)22-31-24(4)35-33-20-27-12-9-8-11-26(27)19-30(33)32(31)21-36-17-14-34-15-18-36/h7,13,16,19-20,23,34H,2,5-6,8-12,14-15,17-18,21-22H2,1,3-4H3. The predicted molar refractivity (Wildman–Crippen MR) is 156 cm³/mol. The number of aryl methyl sites for hydroxylation is 3. The molecule has 0 saturated carbocycles. The molecule has 0 amide bonds. The van der Waals surface area contributed by atoms with Gasteiger partial charge in [0, 0.05) is 62.2 Å². The number of nitrogens with zero attached hydrogens (tertiary/aromatic N) is 3. The SMILES string of the molecule is C=CC(C)C1=C(CCC)C(=C)N(Cc2c(C)nc3cc4c(cc3c2CN2CCNCC2)CCCC4)C=C1. The lowest BCUT2D eigenvalue weighted by Gasteiger charge is -2.33. The summed E-state index contributed by atoms with van der Waals surface area (Å²) in [7, 11) is 0. The van der Waals surface area contributed by atoms with Gasteiger partial charge < -0.3 is 10.2 Å². The summed E-state index contributed by atoms with van der Waals surface area (Å²) in [5.41, 5.74) is 12.1. The van der Waals surface area contributed by atoms with Gasteiger partial charge in [-0.3, -0.25) is 9.88 Å². The van der Waals surface area contributed by atoms with Crippen LogP contribution < -0.4 is 5.32 Å². The van der Waals surface area contributed by atoms with E-state index in [9.17, 15) is 0 Å². The van der Waals surface area contributed by atoms with Gasteiger partial charge in [-0.05, 0) is 96.6 Å². The van der Waals surface area contributed by atoms with Gasteiger partial charge in [0.05, 0.1) is 5.52 Å². The Balaban J connectivity index is 1.56. The molecule has 1 N–H and O–H groups in total. The number of pyridine rings is 1. The Labute approximate surface area is 223 Å². The van der Waals surface area contributed by atoms with Crippen molar-refractivity contribution in [1.29, 1.82) is 0 Å². The zero-order valence-corrected chi connectivity index (χ0v) is 23.2. The minimum absolute atomic E-state index is 0.329. The summed E-state index contributed by atoms with van der Waals surface area (Å²) in [4.78, 5) is 10.2. The highest BCUT2D eigenvalue weighted by atomic mass is 15.2. The Bertz CT molecular complexity index is 1240. The van der Waals surface area contributed by atoms with Gasteiger partial charge >= 0.3 is 0 Å². The van der Waals surface area contributed by atoms with E-state index in [0.29, 0.717) is 5.92 Å². The van der Waals surface area contributed by atoms with Crippen molar-refractivity contribution in [3.8, 4) is 0 Å². The van der Waals surface area contributed by atoms with Crippen LogP contribution in [0.25, 0.3) is 10.9 Å². The Morgan fingerprint density at radius 1 is 1.08 bits per heavy atom. The number of benzene rings is 1. The van der Waals surface area contributed by atoms with Gasteiger partial charge in [0.15, 0.2) is 0 Å². The zero-order valence-electron chi connectivity index (χ0n) is 23.2. The van der Waals surface area contributed by atoms with E-state index in [4.69, 9.17) is 4.98 Å². The van der Waals surface area contributed by atoms with Gasteiger partial charge in [-0.2, -0.15) is 0 Å². The second-order valence-electron chi connectivity index (χ2n) is 11.1. The largest absolute Gasteiger partial charge is 0.344 e. The molecule has 0 bridgehead atoms. The molecule has 196 valence electrons. The maximum absolute atomic E-state index is 5.20. The first-order valence-electron chi connectivity index (χ1n) is 14.4. The minimum atomic E-state index is 0.329. The Morgan fingerprint density at radius 3 is 2.51 bits per heavy atom. The van der Waals surface area contributed by atoms with Crippen molar-refractivity contribution in [3.63, 3.8) is 0 Å². The van der Waals surface area contributed by atoms with E-state index < -0.39 is 0 Å². The molecule has 1 fully saturated rings. The molecule has 1 atom stereocenters. The van der Waals surface area contributed by atoms with Crippen molar-refractivity contribution in [2.45, 2.75) is 72.4 Å². The molecular formula is C33H44N4. The lowest BCUT2D eigenvalue weighted by atomic mass is 9.87. The summed E-state index contributed by atoms with van der Waals surface area (Å²) in [5, 5.41) is 4.87. The monoisotopic (exact) mass is 496 g/mol. The van der Waals surface area contributed by atoms with E-state index in [1.165, 1.54) is 70.0 Å². The van der Waals surface area contributed by atoms with E-state index in [1.54, 1.807) is 0 Å². The first-order valence-corrected chi connectivity index (χ1v) is 14.4. The molecule has 1 aliphatic carbocycles. The smallest absolute Gasteiger partial charge is 0.0711 e. The predicted octanol–water partition coefficient (Wildman–Crippen LogP) is 6.59. The molecular weight excluding hydrogens is 452 g/mol. The third-order valence-corrected chi connectivity index (χ3v) is 8.62. The van der Waals surface area contributed by atoms with Crippen LogP contribution in [0.2, 0.25) is 0 Å². The highest BCUT2D eigenvalue weighted by Crippen LogP contribution is 2.36. The van der Waals surface area contributed by atoms with Crippen molar-refractivity contribution < 1.29 is 0 Å². The number of hydrogen-bond acceptors (Lipinski definition) is 4. The lowest BCUT2D eigenvalue weighted by molar-refractivity contribution is 0.233. The van der Waals surface area contributed by atoms with Crippen molar-refractivity contribution in [2.75, 3.05) is 26.2 Å². The molecule has 1 unspecified atom stereocenters. The topological polar surface area (TPSA) is 31.4 Å². The summed E-state index contributed by atoms with van der Waals surface area (Å²) in [5.74, 6) is 0.329. The van der Waals surface area contributed by atoms with E-state index in [2.05, 4.69) is 73.5 Å². The van der Waals surface area contributed by atoms with Crippen molar-refractivity contribution >= 4 is 10.9 Å². The maximum Gasteiger partial charge on any atom is 0.0711 e. The van der Waals surface area contributed by atoms with E-state index in [1.807, 2.05) is 6.08 Å². The highest BCUT2D eigenvalue weighted by Gasteiger charge is 2.24. The lowest BCUT2D eigenvalue weighted by Crippen LogP contribution is -2.43. The highest BCUT2D eigenvalue weighted by molar-refractivity contribution is 5.85. The average molecular weight is 497 g/mol. The number of fused-ring (bicyclic) bond motifs is 2. The fraction of sp³-hybridized carbons (Fsp3) is 0.485. The molecule has 5 rings (SSSR count). The van der Waals surface area contributed by atoms with Gasteiger partial charge in [-0.1, -0.05) is 32.9 Å². The first kappa shape index (κ1) is 25.9. The second-order valence-corrected chi connectivity index (χ2v) is 11.1. The van der Waals surface area contributed by atoms with Crippen LogP contribution in [0.15, 0.2) is 60.5 Å². The third kappa shape index (κ3) is 5.32. The quantitative estimate of drug-likeness (QED) is 0.418. The van der Waals surface area contributed by atoms with E-state index in [-0.39, 0.29) is 0 Å². The number of rotatable bonds is 8. The van der Waals surface area contributed by atoms with Crippen LogP contribution in [-0.2, 0) is 25.9 Å². The van der Waals surface area contributed by atoms with Crippen LogP contribution >= 0.6 is 0 Å². The van der Waals surface area contributed by atoms with Crippen molar-refractivity contribution in [2.24, 2.45) is 5.92 Å². The van der Waals surface area contributed by atoms with Crippen LogP contribution in [0, 0.1) is 12.8 Å². The van der Waals surface area contributed by atoms with Gasteiger partial charge in [-0.15, -0.1) is 6.58 Å². The molecule has 1 saturated heterocycles. The number of aromatic nitrogens is 1. The number of piperazine rings is 1. The molecule has 4 nitrogen and oxygen atoms in total. The van der Waals surface area contributed by atoms with Crippen LogP contribution in [0.5, 0.6) is 0 Å². The molecule has 2 aliphatic heterocycles. The molecule has 0 spiro atoms.